The van der Waals surface area contributed by atoms with E-state index in [-0.39, 0.29) is 18.0 Å². The van der Waals surface area contributed by atoms with Gasteiger partial charge in [0.25, 0.3) is 5.56 Å². The maximum Gasteiger partial charge on any atom is 0.271 e. The molecular formula is C22H20N4O2. The first-order valence-electron chi connectivity index (χ1n) is 8.79. The Morgan fingerprint density at radius 1 is 1.25 bits per heavy atom. The Hall–Kier alpha value is -3.72. The quantitative estimate of drug-likeness (QED) is 0.709. The molecule has 6 heteroatoms. The molecule has 3 rings (SSSR count). The Morgan fingerprint density at radius 2 is 2.04 bits per heavy atom. The molecule has 28 heavy (non-hydrogen) atoms. The fraction of sp³-hybridized carbons (Fsp3) is 0.182. The minimum absolute atomic E-state index is 0.0109. The summed E-state index contributed by atoms with van der Waals surface area (Å²) in [5, 5.41) is 20.2. The molecule has 0 spiro atoms. The van der Waals surface area contributed by atoms with Crippen molar-refractivity contribution in [2.24, 2.45) is 4.99 Å². The topological polar surface area (TPSA) is 91.3 Å². The molecule has 3 aromatic rings. The van der Waals surface area contributed by atoms with Crippen LogP contribution in [-0.2, 0) is 6.54 Å². The molecule has 2 heterocycles. The lowest BCUT2D eigenvalue weighted by atomic mass is 10.1. The van der Waals surface area contributed by atoms with Crippen LogP contribution >= 0.6 is 0 Å². The number of rotatable bonds is 4. The van der Waals surface area contributed by atoms with Crippen molar-refractivity contribution in [2.45, 2.75) is 27.3 Å². The van der Waals surface area contributed by atoms with Gasteiger partial charge in [-0.2, -0.15) is 5.26 Å². The van der Waals surface area contributed by atoms with Gasteiger partial charge >= 0.3 is 0 Å². The minimum Gasteiger partial charge on any atom is -0.494 e. The Balaban J connectivity index is 2.11. The van der Waals surface area contributed by atoms with E-state index in [1.807, 2.05) is 38.1 Å². The lowest BCUT2D eigenvalue weighted by molar-refractivity contribution is 0.413. The second-order valence-corrected chi connectivity index (χ2v) is 6.63. The van der Waals surface area contributed by atoms with E-state index in [2.05, 4.69) is 9.98 Å². The van der Waals surface area contributed by atoms with Gasteiger partial charge in [-0.05, 0) is 61.2 Å². The number of nitrogens with zero attached hydrogens (tertiary/aromatic N) is 4. The number of aromatic hydroxyl groups is 1. The molecule has 140 valence electrons. The molecule has 0 fully saturated rings. The van der Waals surface area contributed by atoms with Gasteiger partial charge in [-0.15, -0.1) is 0 Å². The van der Waals surface area contributed by atoms with Crippen molar-refractivity contribution in [1.29, 1.82) is 5.26 Å². The van der Waals surface area contributed by atoms with Gasteiger partial charge in [-0.3, -0.25) is 19.3 Å². The molecule has 0 aliphatic carbocycles. The zero-order chi connectivity index (χ0) is 20.3. The van der Waals surface area contributed by atoms with Crippen molar-refractivity contribution in [3.63, 3.8) is 0 Å². The maximum atomic E-state index is 12.7. The van der Waals surface area contributed by atoms with Crippen LogP contribution in [-0.4, -0.2) is 20.9 Å². The van der Waals surface area contributed by atoms with Crippen LogP contribution in [0, 0.1) is 32.1 Å². The predicted octanol–water partition coefficient (Wildman–Crippen LogP) is 3.54. The van der Waals surface area contributed by atoms with Crippen LogP contribution in [0.4, 0.5) is 5.69 Å². The molecule has 0 bridgehead atoms. The van der Waals surface area contributed by atoms with Crippen LogP contribution < -0.4 is 5.56 Å². The second kappa shape index (κ2) is 7.89. The molecule has 0 aliphatic rings. The van der Waals surface area contributed by atoms with E-state index in [1.54, 1.807) is 31.5 Å². The molecule has 0 radical (unpaired) electrons. The standard InChI is InChI=1S/C22H20N4O2/c1-14-6-7-18(9-15(14)2)25-12-20-16(3)19(10-23)21(27)26(22(20)28)13-17-5-4-8-24-11-17/h4-9,11-12,28H,13H2,1-3H3. The zero-order valence-corrected chi connectivity index (χ0v) is 16.0. The average Bonchev–Trinajstić information content (AvgIpc) is 2.69. The van der Waals surface area contributed by atoms with Gasteiger partial charge in [0.15, 0.2) is 0 Å². The number of pyridine rings is 2. The highest BCUT2D eigenvalue weighted by atomic mass is 16.3. The predicted molar refractivity (Wildman–Crippen MR) is 108 cm³/mol. The Labute approximate surface area is 163 Å². The summed E-state index contributed by atoms with van der Waals surface area (Å²) in [6.45, 7) is 5.76. The van der Waals surface area contributed by atoms with Gasteiger partial charge in [0.05, 0.1) is 17.8 Å². The molecule has 1 aromatic carbocycles. The summed E-state index contributed by atoms with van der Waals surface area (Å²) in [4.78, 5) is 21.1. The molecule has 0 atom stereocenters. The summed E-state index contributed by atoms with van der Waals surface area (Å²) < 4.78 is 1.17. The lowest BCUT2D eigenvalue weighted by Crippen LogP contribution is -2.26. The molecule has 0 amide bonds. The molecule has 1 N–H and O–H groups in total. The number of hydrogen-bond donors (Lipinski definition) is 1. The monoisotopic (exact) mass is 372 g/mol. The number of nitriles is 1. The number of hydrogen-bond acceptors (Lipinski definition) is 5. The van der Waals surface area contributed by atoms with Crippen LogP contribution in [0.15, 0.2) is 52.5 Å². The van der Waals surface area contributed by atoms with E-state index in [0.717, 1.165) is 22.4 Å². The molecule has 0 saturated heterocycles. The Morgan fingerprint density at radius 3 is 2.68 bits per heavy atom. The van der Waals surface area contributed by atoms with Gasteiger partial charge < -0.3 is 5.11 Å². The van der Waals surface area contributed by atoms with E-state index in [4.69, 9.17) is 0 Å². The highest BCUT2D eigenvalue weighted by molar-refractivity contribution is 5.87. The third-order valence-corrected chi connectivity index (χ3v) is 4.74. The van der Waals surface area contributed by atoms with Crippen molar-refractivity contribution < 1.29 is 5.11 Å². The minimum atomic E-state index is -0.537. The van der Waals surface area contributed by atoms with Crippen LogP contribution in [0.2, 0.25) is 0 Å². The highest BCUT2D eigenvalue weighted by Gasteiger charge is 2.18. The second-order valence-electron chi connectivity index (χ2n) is 6.63. The number of benzene rings is 1. The van der Waals surface area contributed by atoms with Crippen molar-refractivity contribution in [3.8, 4) is 11.9 Å². The third kappa shape index (κ3) is 3.69. The van der Waals surface area contributed by atoms with Crippen LogP contribution in [0.25, 0.3) is 0 Å². The fourth-order valence-electron chi connectivity index (χ4n) is 2.89. The first kappa shape index (κ1) is 19.1. The molecular weight excluding hydrogens is 352 g/mol. The summed E-state index contributed by atoms with van der Waals surface area (Å²) in [5.74, 6) is -0.224. The molecule has 0 saturated carbocycles. The summed E-state index contributed by atoms with van der Waals surface area (Å²) in [7, 11) is 0. The maximum absolute atomic E-state index is 12.7. The van der Waals surface area contributed by atoms with Crippen molar-refractivity contribution in [1.82, 2.24) is 9.55 Å². The molecule has 0 unspecified atom stereocenters. The van der Waals surface area contributed by atoms with E-state index in [1.165, 1.54) is 10.8 Å². The molecule has 2 aromatic heterocycles. The van der Waals surface area contributed by atoms with Crippen molar-refractivity contribution in [3.05, 3.63) is 86.5 Å². The van der Waals surface area contributed by atoms with E-state index in [9.17, 15) is 15.2 Å². The van der Waals surface area contributed by atoms with Crippen LogP contribution in [0.5, 0.6) is 5.88 Å². The fourth-order valence-corrected chi connectivity index (χ4v) is 2.89. The SMILES string of the molecule is Cc1ccc(N=Cc2c(C)c(C#N)c(=O)n(Cc3cccnc3)c2O)cc1C. The number of aromatic nitrogens is 2. The first-order chi connectivity index (χ1) is 13.4. The smallest absolute Gasteiger partial charge is 0.271 e. The zero-order valence-electron chi connectivity index (χ0n) is 16.0. The summed E-state index contributed by atoms with van der Waals surface area (Å²) in [6, 6.07) is 11.3. The van der Waals surface area contributed by atoms with Gasteiger partial charge in [-0.1, -0.05) is 12.1 Å². The number of aliphatic imine (C=N–C) groups is 1. The summed E-state index contributed by atoms with van der Waals surface area (Å²) in [6.07, 6.45) is 4.74. The summed E-state index contributed by atoms with van der Waals surface area (Å²) >= 11 is 0. The first-order valence-corrected chi connectivity index (χ1v) is 8.79. The van der Waals surface area contributed by atoms with Crippen LogP contribution in [0.1, 0.15) is 33.4 Å². The summed E-state index contributed by atoms with van der Waals surface area (Å²) in [5.41, 5.74) is 3.94. The van der Waals surface area contributed by atoms with E-state index < -0.39 is 5.56 Å². The van der Waals surface area contributed by atoms with Crippen LogP contribution in [0.3, 0.4) is 0 Å². The Bertz CT molecular complexity index is 1160. The normalized spacial score (nSPS) is 10.9. The van der Waals surface area contributed by atoms with E-state index in [0.29, 0.717) is 11.1 Å². The van der Waals surface area contributed by atoms with Gasteiger partial charge in [0.1, 0.15) is 11.6 Å². The van der Waals surface area contributed by atoms with Gasteiger partial charge in [-0.25, -0.2) is 0 Å². The lowest BCUT2D eigenvalue weighted by Gasteiger charge is -2.14. The van der Waals surface area contributed by atoms with Crippen molar-refractivity contribution in [2.75, 3.05) is 0 Å². The average molecular weight is 372 g/mol. The van der Waals surface area contributed by atoms with Gasteiger partial charge in [0.2, 0.25) is 5.88 Å². The third-order valence-electron chi connectivity index (χ3n) is 4.74. The highest BCUT2D eigenvalue weighted by Crippen LogP contribution is 2.23. The molecule has 0 aliphatic heterocycles. The number of aryl methyl sites for hydroxylation is 2. The van der Waals surface area contributed by atoms with E-state index >= 15 is 0 Å². The largest absolute Gasteiger partial charge is 0.494 e. The van der Waals surface area contributed by atoms with Crippen molar-refractivity contribution >= 4 is 11.9 Å². The van der Waals surface area contributed by atoms with Gasteiger partial charge in [0, 0.05) is 18.6 Å². The Kier molecular flexibility index (Phi) is 5.37. The molecule has 6 nitrogen and oxygen atoms in total.